The fraction of sp³-hybridized carbons (Fsp3) is 0.615. The number of aromatic nitrogens is 4. The molecule has 20 heavy (non-hydrogen) atoms. The lowest BCUT2D eigenvalue weighted by atomic mass is 10.0. The van der Waals surface area contributed by atoms with Crippen LogP contribution in [0.25, 0.3) is 11.2 Å². The second-order valence-electron chi connectivity index (χ2n) is 5.45. The molecule has 0 bridgehead atoms. The zero-order valence-electron chi connectivity index (χ0n) is 14.5. The number of imidazole rings is 1. The molecule has 2 rings (SSSR count). The van der Waals surface area contributed by atoms with E-state index in [-0.39, 0.29) is 17.7 Å². The summed E-state index contributed by atoms with van der Waals surface area (Å²) in [6, 6.07) is 0. The van der Waals surface area contributed by atoms with Gasteiger partial charge in [-0.2, -0.15) is 0 Å². The van der Waals surface area contributed by atoms with Crippen LogP contribution in [0.4, 0.5) is 0 Å². The van der Waals surface area contributed by atoms with Crippen molar-refractivity contribution >= 4 is 11.2 Å². The second kappa shape index (κ2) is 5.24. The fourth-order valence-electron chi connectivity index (χ4n) is 2.07. The highest BCUT2D eigenvalue weighted by molar-refractivity contribution is 5.68. The highest BCUT2D eigenvalue weighted by Gasteiger charge is 2.14. The zero-order chi connectivity index (χ0) is 17.4. The standard InChI is InChI=1S/C13H20N4O3/c1-13(2,20)6-4-5-7-17-11(18)9-10(15-8-14-9)16(3)12(17)19/h8,20H,4-7H2,1-3H3,(H,14,15)/i3D3. The maximum absolute atomic E-state index is 12.4. The van der Waals surface area contributed by atoms with E-state index in [4.69, 9.17) is 4.11 Å². The van der Waals surface area contributed by atoms with Crippen molar-refractivity contribution in [3.63, 3.8) is 0 Å². The van der Waals surface area contributed by atoms with E-state index in [9.17, 15) is 14.7 Å². The monoisotopic (exact) mass is 283 g/mol. The lowest BCUT2D eigenvalue weighted by Gasteiger charge is -2.16. The molecule has 0 saturated carbocycles. The molecule has 2 heterocycles. The summed E-state index contributed by atoms with van der Waals surface area (Å²) < 4.78 is 23.9. The highest BCUT2D eigenvalue weighted by Crippen LogP contribution is 2.12. The van der Waals surface area contributed by atoms with Crippen molar-refractivity contribution < 1.29 is 9.22 Å². The van der Waals surface area contributed by atoms with Gasteiger partial charge in [-0.3, -0.25) is 13.9 Å². The smallest absolute Gasteiger partial charge is 0.332 e. The molecule has 0 saturated heterocycles. The molecule has 2 N–H and O–H groups in total. The zero-order valence-corrected chi connectivity index (χ0v) is 11.5. The van der Waals surface area contributed by atoms with Gasteiger partial charge in [-0.1, -0.05) is 0 Å². The molecule has 0 spiro atoms. The summed E-state index contributed by atoms with van der Waals surface area (Å²) in [5.41, 5.74) is -2.50. The molecular weight excluding hydrogens is 260 g/mol. The molecule has 0 amide bonds. The summed E-state index contributed by atoms with van der Waals surface area (Å²) in [6.07, 6.45) is 2.78. The third kappa shape index (κ3) is 2.82. The van der Waals surface area contributed by atoms with Crippen molar-refractivity contribution in [3.05, 3.63) is 27.2 Å². The van der Waals surface area contributed by atoms with Crippen LogP contribution in [-0.2, 0) is 13.5 Å². The summed E-state index contributed by atoms with van der Waals surface area (Å²) in [7, 11) is 0. The summed E-state index contributed by atoms with van der Waals surface area (Å²) >= 11 is 0. The first-order chi connectivity index (χ1) is 10.5. The number of aliphatic hydroxyl groups is 1. The number of fused-ring (bicyclic) bond motifs is 1. The Morgan fingerprint density at radius 3 is 2.85 bits per heavy atom. The molecule has 0 atom stereocenters. The minimum absolute atomic E-state index is 0.0109. The Bertz CT molecular complexity index is 811. The number of H-pyrrole nitrogens is 1. The Morgan fingerprint density at radius 2 is 2.20 bits per heavy atom. The van der Waals surface area contributed by atoms with E-state index in [0.717, 1.165) is 4.57 Å². The average Bonchev–Trinajstić information content (AvgIpc) is 2.83. The lowest BCUT2D eigenvalue weighted by molar-refractivity contribution is 0.0678. The van der Waals surface area contributed by atoms with Crippen LogP contribution >= 0.6 is 0 Å². The Kier molecular flexibility index (Phi) is 2.84. The predicted octanol–water partition coefficient (Wildman–Crippen LogP) is 0.364. The number of unbranched alkanes of at least 4 members (excludes halogenated alkanes) is 1. The Hall–Kier alpha value is -1.89. The molecule has 2 aromatic heterocycles. The molecule has 0 aliphatic carbocycles. The Morgan fingerprint density at radius 1 is 1.45 bits per heavy atom. The van der Waals surface area contributed by atoms with Crippen LogP contribution in [0.15, 0.2) is 15.9 Å². The first-order valence-corrected chi connectivity index (χ1v) is 6.44. The molecule has 0 unspecified atom stereocenters. The van der Waals surface area contributed by atoms with Gasteiger partial charge in [0, 0.05) is 17.6 Å². The van der Waals surface area contributed by atoms with Crippen LogP contribution in [0.5, 0.6) is 0 Å². The third-order valence-corrected chi connectivity index (χ3v) is 3.13. The lowest BCUT2D eigenvalue weighted by Crippen LogP contribution is -2.39. The van der Waals surface area contributed by atoms with Crippen LogP contribution in [-0.4, -0.2) is 29.8 Å². The van der Waals surface area contributed by atoms with Crippen molar-refractivity contribution in [2.45, 2.75) is 45.3 Å². The molecule has 0 aliphatic heterocycles. The number of hydrogen-bond donors (Lipinski definition) is 2. The van der Waals surface area contributed by atoms with Gasteiger partial charge >= 0.3 is 5.69 Å². The van der Waals surface area contributed by atoms with Crippen molar-refractivity contribution in [1.82, 2.24) is 19.1 Å². The summed E-state index contributed by atoms with van der Waals surface area (Å²) in [6.45, 7) is 0.709. The first-order valence-electron chi connectivity index (χ1n) is 7.94. The molecular formula is C13H20N4O3. The minimum Gasteiger partial charge on any atom is -0.390 e. The molecule has 110 valence electrons. The van der Waals surface area contributed by atoms with Gasteiger partial charge in [-0.05, 0) is 33.1 Å². The SMILES string of the molecule is [2H]C([2H])([2H])n1c(=O)n(CCCCC(C)(C)O)c(=O)c2[nH]cnc21. The van der Waals surface area contributed by atoms with Gasteiger partial charge in [-0.25, -0.2) is 9.78 Å². The Balaban J connectivity index is 2.41. The molecule has 0 radical (unpaired) electrons. The van der Waals surface area contributed by atoms with Crippen LogP contribution in [0, 0.1) is 0 Å². The van der Waals surface area contributed by atoms with Gasteiger partial charge in [0.05, 0.1) is 11.9 Å². The molecule has 0 aromatic carbocycles. The van der Waals surface area contributed by atoms with Gasteiger partial charge in [0.25, 0.3) is 5.56 Å². The molecule has 0 aliphatic rings. The molecule has 2 aromatic rings. The Labute approximate surface area is 120 Å². The normalized spacial score (nSPS) is 15.1. The maximum atomic E-state index is 12.4. The summed E-state index contributed by atoms with van der Waals surface area (Å²) in [4.78, 5) is 31.1. The van der Waals surface area contributed by atoms with Crippen molar-refractivity contribution in [3.8, 4) is 0 Å². The second-order valence-corrected chi connectivity index (χ2v) is 5.45. The number of hydrogen-bond acceptors (Lipinski definition) is 4. The quantitative estimate of drug-likeness (QED) is 0.775. The number of nitrogens with one attached hydrogen (secondary N) is 1. The van der Waals surface area contributed by atoms with Gasteiger partial charge in [0.15, 0.2) is 5.65 Å². The van der Waals surface area contributed by atoms with E-state index in [2.05, 4.69) is 9.97 Å². The van der Waals surface area contributed by atoms with Crippen molar-refractivity contribution in [2.24, 2.45) is 6.98 Å². The maximum Gasteiger partial charge on any atom is 0.332 e. The van der Waals surface area contributed by atoms with Crippen LogP contribution in [0.2, 0.25) is 0 Å². The molecule has 7 heteroatoms. The van der Waals surface area contributed by atoms with Gasteiger partial charge in [-0.15, -0.1) is 0 Å². The van der Waals surface area contributed by atoms with E-state index in [1.54, 1.807) is 13.8 Å². The highest BCUT2D eigenvalue weighted by atomic mass is 16.3. The van der Waals surface area contributed by atoms with Gasteiger partial charge in [0.1, 0.15) is 5.52 Å². The largest absolute Gasteiger partial charge is 0.390 e. The van der Waals surface area contributed by atoms with Crippen LogP contribution < -0.4 is 11.2 Å². The summed E-state index contributed by atoms with van der Waals surface area (Å²) in [5.74, 6) is 0. The molecule has 0 fully saturated rings. The van der Waals surface area contributed by atoms with E-state index in [1.165, 1.54) is 6.33 Å². The number of aromatic amines is 1. The van der Waals surface area contributed by atoms with E-state index >= 15 is 0 Å². The van der Waals surface area contributed by atoms with Crippen molar-refractivity contribution in [1.29, 1.82) is 0 Å². The van der Waals surface area contributed by atoms with Crippen molar-refractivity contribution in [2.75, 3.05) is 0 Å². The molecule has 7 nitrogen and oxygen atoms in total. The first kappa shape index (κ1) is 10.8. The number of aryl methyl sites for hydroxylation is 1. The van der Waals surface area contributed by atoms with Gasteiger partial charge < -0.3 is 10.1 Å². The van der Waals surface area contributed by atoms with Gasteiger partial charge in [0.2, 0.25) is 0 Å². The minimum atomic E-state index is -2.73. The predicted molar refractivity (Wildman–Crippen MR) is 75.7 cm³/mol. The van der Waals surface area contributed by atoms with E-state index in [1.807, 2.05) is 0 Å². The number of rotatable bonds is 5. The third-order valence-electron chi connectivity index (χ3n) is 3.13. The van der Waals surface area contributed by atoms with E-state index in [0.29, 0.717) is 23.8 Å². The number of nitrogens with zero attached hydrogens (tertiary/aromatic N) is 3. The van der Waals surface area contributed by atoms with E-state index < -0.39 is 23.8 Å². The fourth-order valence-corrected chi connectivity index (χ4v) is 2.07. The topological polar surface area (TPSA) is 92.9 Å². The average molecular weight is 283 g/mol. The van der Waals surface area contributed by atoms with Crippen LogP contribution in [0.1, 0.15) is 37.2 Å². The summed E-state index contributed by atoms with van der Waals surface area (Å²) in [5, 5.41) is 9.67. The van der Waals surface area contributed by atoms with Crippen LogP contribution in [0.3, 0.4) is 0 Å².